The fourth-order valence-corrected chi connectivity index (χ4v) is 3.86. The molecule has 1 amide bonds. The van der Waals surface area contributed by atoms with E-state index in [1.165, 1.54) is 25.7 Å². The molecule has 116 valence electrons. The average molecular weight is 300 g/mol. The molecule has 1 atom stereocenters. The normalized spacial score (nSPS) is 23.5. The molecule has 2 aromatic rings. The number of furan rings is 1. The molecule has 1 spiro atoms. The molecule has 1 aliphatic carbocycles. The predicted octanol–water partition coefficient (Wildman–Crippen LogP) is 3.59. The molecule has 2 fully saturated rings. The van der Waals surface area contributed by atoms with Crippen LogP contribution in [0.4, 0.5) is 0 Å². The molecule has 4 rings (SSSR count). The topological polar surface area (TPSA) is 59.5 Å². The fraction of sp³-hybridized carbons (Fsp3) is 0.529. The van der Waals surface area contributed by atoms with E-state index < -0.39 is 0 Å². The summed E-state index contributed by atoms with van der Waals surface area (Å²) in [5.41, 5.74) is 0.696. The first kappa shape index (κ1) is 13.6. The highest BCUT2D eigenvalue weighted by Gasteiger charge is 2.46. The van der Waals surface area contributed by atoms with Crippen LogP contribution in [-0.2, 0) is 0 Å². The molecule has 0 radical (unpaired) electrons. The maximum Gasteiger partial charge on any atom is 0.276 e. The molecule has 1 aliphatic heterocycles. The van der Waals surface area contributed by atoms with E-state index >= 15 is 0 Å². The lowest BCUT2D eigenvalue weighted by Gasteiger charge is -2.53. The van der Waals surface area contributed by atoms with Crippen molar-refractivity contribution in [2.75, 3.05) is 13.1 Å². The van der Waals surface area contributed by atoms with Crippen molar-refractivity contribution in [3.05, 3.63) is 30.5 Å². The van der Waals surface area contributed by atoms with Gasteiger partial charge in [-0.2, -0.15) is 0 Å². The van der Waals surface area contributed by atoms with Gasteiger partial charge in [-0.15, -0.1) is 0 Å². The van der Waals surface area contributed by atoms with E-state index in [2.05, 4.69) is 11.9 Å². The monoisotopic (exact) mass is 300 g/mol. The van der Waals surface area contributed by atoms with Crippen molar-refractivity contribution < 1.29 is 13.6 Å². The number of amides is 1. The number of likely N-dealkylation sites (tertiary alicyclic amines) is 1. The highest BCUT2D eigenvalue weighted by molar-refractivity contribution is 5.97. The zero-order valence-electron chi connectivity index (χ0n) is 12.7. The average Bonchev–Trinajstić information content (AvgIpc) is 3.16. The van der Waals surface area contributed by atoms with E-state index in [4.69, 9.17) is 8.83 Å². The number of piperidine rings is 1. The molecule has 3 heterocycles. The third kappa shape index (κ3) is 1.99. The predicted molar refractivity (Wildman–Crippen MR) is 80.2 cm³/mol. The Labute approximate surface area is 129 Å². The first-order valence-electron chi connectivity index (χ1n) is 7.96. The van der Waals surface area contributed by atoms with Gasteiger partial charge in [-0.3, -0.25) is 4.79 Å². The van der Waals surface area contributed by atoms with Crippen LogP contribution in [0.15, 0.2) is 33.6 Å². The van der Waals surface area contributed by atoms with Crippen molar-refractivity contribution in [3.63, 3.8) is 0 Å². The maximum absolute atomic E-state index is 12.9. The Bertz CT molecular complexity index is 670. The first-order valence-corrected chi connectivity index (χ1v) is 7.96. The molecule has 1 unspecified atom stereocenters. The molecular weight excluding hydrogens is 280 g/mol. The molecule has 22 heavy (non-hydrogen) atoms. The molecule has 0 bridgehead atoms. The Morgan fingerprint density at radius 3 is 2.95 bits per heavy atom. The summed E-state index contributed by atoms with van der Waals surface area (Å²) in [6, 6.07) is 3.56. The first-order chi connectivity index (χ1) is 10.7. The zero-order chi connectivity index (χ0) is 15.2. The lowest BCUT2D eigenvalue weighted by Crippen LogP contribution is -2.53. The molecular formula is C17H20N2O3. The second-order valence-corrected chi connectivity index (χ2v) is 6.64. The standard InChI is InChI=1S/C17H20N2O3/c1-12-5-8-19(10-17(12)6-3-7-17)16(20)14-15(22-11-18-14)13-4-2-9-21-13/h2,4,9,11-12H,3,5-8,10H2,1H3. The van der Waals surface area contributed by atoms with Gasteiger partial charge in [0.05, 0.1) is 6.26 Å². The van der Waals surface area contributed by atoms with Crippen LogP contribution in [-0.4, -0.2) is 28.9 Å². The lowest BCUT2D eigenvalue weighted by molar-refractivity contribution is -0.0209. The van der Waals surface area contributed by atoms with Crippen LogP contribution < -0.4 is 0 Å². The summed E-state index contributed by atoms with van der Waals surface area (Å²) >= 11 is 0. The summed E-state index contributed by atoms with van der Waals surface area (Å²) in [5.74, 6) is 1.63. The number of hydrogen-bond donors (Lipinski definition) is 0. The van der Waals surface area contributed by atoms with Gasteiger partial charge in [-0.05, 0) is 42.7 Å². The lowest BCUT2D eigenvalue weighted by atomic mass is 9.59. The summed E-state index contributed by atoms with van der Waals surface area (Å²) in [6.45, 7) is 3.97. The third-order valence-corrected chi connectivity index (χ3v) is 5.53. The van der Waals surface area contributed by atoms with Gasteiger partial charge in [0.2, 0.25) is 5.76 Å². The van der Waals surface area contributed by atoms with Crippen molar-refractivity contribution >= 4 is 5.91 Å². The van der Waals surface area contributed by atoms with Gasteiger partial charge in [-0.1, -0.05) is 13.3 Å². The molecule has 0 N–H and O–H groups in total. The Morgan fingerprint density at radius 2 is 2.27 bits per heavy atom. The highest BCUT2D eigenvalue weighted by atomic mass is 16.4. The summed E-state index contributed by atoms with van der Waals surface area (Å²) in [5, 5.41) is 0. The van der Waals surface area contributed by atoms with Crippen LogP contribution >= 0.6 is 0 Å². The van der Waals surface area contributed by atoms with Crippen molar-refractivity contribution in [1.82, 2.24) is 9.88 Å². The van der Waals surface area contributed by atoms with Crippen molar-refractivity contribution in [2.45, 2.75) is 32.6 Å². The number of aromatic nitrogens is 1. The van der Waals surface area contributed by atoms with E-state index in [-0.39, 0.29) is 5.91 Å². The second-order valence-electron chi connectivity index (χ2n) is 6.64. The van der Waals surface area contributed by atoms with Crippen LogP contribution in [0.2, 0.25) is 0 Å². The maximum atomic E-state index is 12.9. The van der Waals surface area contributed by atoms with Crippen LogP contribution in [0.3, 0.4) is 0 Å². The van der Waals surface area contributed by atoms with Crippen LogP contribution in [0.5, 0.6) is 0 Å². The van der Waals surface area contributed by atoms with E-state index in [1.54, 1.807) is 18.4 Å². The molecule has 5 nitrogen and oxygen atoms in total. The molecule has 5 heteroatoms. The molecule has 2 aromatic heterocycles. The van der Waals surface area contributed by atoms with Crippen molar-refractivity contribution in [1.29, 1.82) is 0 Å². The second kappa shape index (κ2) is 5.00. The smallest absolute Gasteiger partial charge is 0.276 e. The van der Waals surface area contributed by atoms with Crippen LogP contribution in [0, 0.1) is 11.3 Å². The number of carbonyl (C=O) groups is 1. The number of nitrogens with zero attached hydrogens (tertiary/aromatic N) is 2. The number of rotatable bonds is 2. The molecule has 2 aliphatic rings. The summed E-state index contributed by atoms with van der Waals surface area (Å²) in [7, 11) is 0. The highest BCUT2D eigenvalue weighted by Crippen LogP contribution is 2.51. The van der Waals surface area contributed by atoms with E-state index in [9.17, 15) is 4.79 Å². The van der Waals surface area contributed by atoms with Gasteiger partial charge in [0, 0.05) is 13.1 Å². The Hall–Kier alpha value is -2.04. The van der Waals surface area contributed by atoms with Gasteiger partial charge in [0.25, 0.3) is 5.91 Å². The Kier molecular flexibility index (Phi) is 3.10. The quantitative estimate of drug-likeness (QED) is 0.850. The van der Waals surface area contributed by atoms with Crippen molar-refractivity contribution in [3.8, 4) is 11.5 Å². The van der Waals surface area contributed by atoms with Gasteiger partial charge in [0.15, 0.2) is 17.8 Å². The SMILES string of the molecule is CC1CCN(C(=O)c2ncoc2-c2ccco2)CC12CCC2. The van der Waals surface area contributed by atoms with Crippen molar-refractivity contribution in [2.24, 2.45) is 11.3 Å². The third-order valence-electron chi connectivity index (χ3n) is 5.53. The summed E-state index contributed by atoms with van der Waals surface area (Å²) in [4.78, 5) is 19.0. The van der Waals surface area contributed by atoms with Gasteiger partial charge in [-0.25, -0.2) is 4.98 Å². The molecule has 1 saturated heterocycles. The number of oxazole rings is 1. The van der Waals surface area contributed by atoms with E-state index in [1.807, 2.05) is 4.90 Å². The van der Waals surface area contributed by atoms with E-state index in [0.717, 1.165) is 19.5 Å². The summed E-state index contributed by atoms with van der Waals surface area (Å²) in [6.07, 6.45) is 7.71. The van der Waals surface area contributed by atoms with Gasteiger partial charge in [0.1, 0.15) is 0 Å². The minimum absolute atomic E-state index is 0.0432. The van der Waals surface area contributed by atoms with E-state index in [0.29, 0.717) is 28.5 Å². The largest absolute Gasteiger partial charge is 0.461 e. The van der Waals surface area contributed by atoms with Gasteiger partial charge < -0.3 is 13.7 Å². The zero-order valence-corrected chi connectivity index (χ0v) is 12.7. The number of carbonyl (C=O) groups excluding carboxylic acids is 1. The van der Waals surface area contributed by atoms with Crippen LogP contribution in [0.25, 0.3) is 11.5 Å². The fourth-order valence-electron chi connectivity index (χ4n) is 3.86. The molecule has 0 aromatic carbocycles. The van der Waals surface area contributed by atoms with Crippen LogP contribution in [0.1, 0.15) is 43.1 Å². The van der Waals surface area contributed by atoms with Gasteiger partial charge >= 0.3 is 0 Å². The minimum atomic E-state index is -0.0432. The minimum Gasteiger partial charge on any atom is -0.461 e. The Morgan fingerprint density at radius 1 is 1.41 bits per heavy atom. The Balaban J connectivity index is 1.59. The molecule has 1 saturated carbocycles. The number of hydrogen-bond acceptors (Lipinski definition) is 4. The summed E-state index contributed by atoms with van der Waals surface area (Å²) < 4.78 is 10.7.